The number of anilines is 2. The second-order valence-electron chi connectivity index (χ2n) is 5.11. The molecule has 8 heteroatoms. The summed E-state index contributed by atoms with van der Waals surface area (Å²) in [6.07, 6.45) is 0.190. The Morgan fingerprint density at radius 3 is 2.54 bits per heavy atom. The summed E-state index contributed by atoms with van der Waals surface area (Å²) in [5, 5.41) is 5.41. The van der Waals surface area contributed by atoms with Crippen LogP contribution in [0.15, 0.2) is 36.7 Å². The van der Waals surface area contributed by atoms with Gasteiger partial charge in [-0.05, 0) is 24.6 Å². The summed E-state index contributed by atoms with van der Waals surface area (Å²) >= 11 is 0. The molecule has 0 radical (unpaired) electrons. The van der Waals surface area contributed by atoms with Crippen molar-refractivity contribution in [3.05, 3.63) is 47.8 Å². The van der Waals surface area contributed by atoms with Gasteiger partial charge in [0.25, 0.3) is 5.91 Å². The van der Waals surface area contributed by atoms with Gasteiger partial charge in [-0.25, -0.2) is 9.97 Å². The number of rotatable bonds is 6. The molecular formula is C16H17F3N4O. The van der Waals surface area contributed by atoms with Crippen LogP contribution in [-0.2, 0) is 6.18 Å². The van der Waals surface area contributed by atoms with Crippen LogP contribution >= 0.6 is 0 Å². The van der Waals surface area contributed by atoms with E-state index in [9.17, 15) is 18.0 Å². The number of halogens is 3. The lowest BCUT2D eigenvalue weighted by molar-refractivity contribution is -0.137. The second-order valence-corrected chi connectivity index (χ2v) is 5.11. The summed E-state index contributed by atoms with van der Waals surface area (Å²) in [5.74, 6) is -0.173. The molecule has 0 bridgehead atoms. The van der Waals surface area contributed by atoms with Gasteiger partial charge in [0.05, 0.1) is 11.1 Å². The molecule has 1 aromatic carbocycles. The molecule has 1 aromatic heterocycles. The highest BCUT2D eigenvalue weighted by atomic mass is 19.4. The van der Waals surface area contributed by atoms with E-state index >= 15 is 0 Å². The van der Waals surface area contributed by atoms with E-state index in [1.54, 1.807) is 0 Å². The van der Waals surface area contributed by atoms with E-state index in [1.165, 1.54) is 24.5 Å². The van der Waals surface area contributed by atoms with Crippen molar-refractivity contribution in [3.8, 4) is 0 Å². The summed E-state index contributed by atoms with van der Waals surface area (Å²) in [6, 6.07) is 4.43. The van der Waals surface area contributed by atoms with E-state index in [0.29, 0.717) is 5.95 Å². The zero-order valence-corrected chi connectivity index (χ0v) is 13.0. The number of nitrogens with zero attached hydrogens (tertiary/aromatic N) is 2. The maximum atomic E-state index is 12.7. The first-order chi connectivity index (χ1) is 11.4. The molecule has 0 unspecified atom stereocenters. The molecular weight excluding hydrogens is 321 g/mol. The Morgan fingerprint density at radius 2 is 1.92 bits per heavy atom. The molecule has 0 aliphatic rings. The van der Waals surface area contributed by atoms with Gasteiger partial charge < -0.3 is 10.6 Å². The third kappa shape index (κ3) is 4.94. The lowest BCUT2D eigenvalue weighted by Crippen LogP contribution is -2.14. The molecule has 2 aromatic rings. The van der Waals surface area contributed by atoms with Crippen LogP contribution in [0, 0.1) is 0 Å². The van der Waals surface area contributed by atoms with Crippen molar-refractivity contribution in [3.63, 3.8) is 0 Å². The Hall–Kier alpha value is -2.64. The number of alkyl halides is 3. The number of hydrogen-bond acceptors (Lipinski definition) is 4. The van der Waals surface area contributed by atoms with Crippen molar-refractivity contribution in [2.45, 2.75) is 25.9 Å². The summed E-state index contributed by atoms with van der Waals surface area (Å²) in [5.41, 5.74) is -0.611. The van der Waals surface area contributed by atoms with Crippen molar-refractivity contribution >= 4 is 17.5 Å². The molecule has 5 nitrogen and oxygen atoms in total. The number of hydrogen-bond donors (Lipinski definition) is 2. The van der Waals surface area contributed by atoms with E-state index in [2.05, 4.69) is 27.5 Å². The van der Waals surface area contributed by atoms with Gasteiger partial charge in [0.15, 0.2) is 0 Å². The van der Waals surface area contributed by atoms with Crippen LogP contribution in [0.2, 0.25) is 0 Å². The molecule has 24 heavy (non-hydrogen) atoms. The van der Waals surface area contributed by atoms with Crippen LogP contribution < -0.4 is 10.6 Å². The third-order valence-corrected chi connectivity index (χ3v) is 3.18. The lowest BCUT2D eigenvalue weighted by atomic mass is 10.2. The largest absolute Gasteiger partial charge is 0.416 e. The maximum absolute atomic E-state index is 12.7. The average molecular weight is 338 g/mol. The molecule has 0 atom stereocenters. The quantitative estimate of drug-likeness (QED) is 0.783. The molecule has 0 aliphatic carbocycles. The van der Waals surface area contributed by atoms with Gasteiger partial charge >= 0.3 is 6.18 Å². The third-order valence-electron chi connectivity index (χ3n) is 3.18. The SMILES string of the molecule is CCCCNc1ncc(C(=O)Nc2cccc(C(F)(F)F)c2)cn1. The zero-order valence-electron chi connectivity index (χ0n) is 13.0. The molecule has 0 fully saturated rings. The monoisotopic (exact) mass is 338 g/mol. The van der Waals surface area contributed by atoms with Crippen LogP contribution in [0.1, 0.15) is 35.7 Å². The van der Waals surface area contributed by atoms with Crippen molar-refractivity contribution in [1.29, 1.82) is 0 Å². The fraction of sp³-hybridized carbons (Fsp3) is 0.312. The number of carbonyl (C=O) groups is 1. The minimum atomic E-state index is -4.46. The van der Waals surface area contributed by atoms with Crippen LogP contribution in [-0.4, -0.2) is 22.4 Å². The number of aromatic nitrogens is 2. The smallest absolute Gasteiger partial charge is 0.354 e. The van der Waals surface area contributed by atoms with Crippen molar-refractivity contribution in [2.24, 2.45) is 0 Å². The number of unbranched alkanes of at least 4 members (excludes halogenated alkanes) is 1. The van der Waals surface area contributed by atoms with Gasteiger partial charge in [0.1, 0.15) is 0 Å². The summed E-state index contributed by atoms with van der Waals surface area (Å²) < 4.78 is 38.0. The molecule has 0 aliphatic heterocycles. The van der Waals surface area contributed by atoms with Gasteiger partial charge in [0.2, 0.25) is 5.95 Å². The van der Waals surface area contributed by atoms with E-state index in [-0.39, 0.29) is 11.3 Å². The fourth-order valence-electron chi connectivity index (χ4n) is 1.89. The number of benzene rings is 1. The summed E-state index contributed by atoms with van der Waals surface area (Å²) in [6.45, 7) is 2.79. The zero-order chi connectivity index (χ0) is 17.6. The Balaban J connectivity index is 2.02. The average Bonchev–Trinajstić information content (AvgIpc) is 2.55. The molecule has 128 valence electrons. The second kappa shape index (κ2) is 7.76. The van der Waals surface area contributed by atoms with Crippen molar-refractivity contribution in [2.75, 3.05) is 17.2 Å². The number of carbonyl (C=O) groups excluding carboxylic acids is 1. The van der Waals surface area contributed by atoms with Crippen LogP contribution in [0.4, 0.5) is 24.8 Å². The molecule has 0 saturated carbocycles. The molecule has 2 rings (SSSR count). The highest BCUT2D eigenvalue weighted by Gasteiger charge is 2.30. The van der Waals surface area contributed by atoms with Gasteiger partial charge in [-0.15, -0.1) is 0 Å². The van der Waals surface area contributed by atoms with Gasteiger partial charge in [-0.3, -0.25) is 4.79 Å². The minimum Gasteiger partial charge on any atom is -0.354 e. The van der Waals surface area contributed by atoms with E-state index in [1.807, 2.05) is 0 Å². The normalized spacial score (nSPS) is 11.2. The van der Waals surface area contributed by atoms with Crippen LogP contribution in [0.3, 0.4) is 0 Å². The van der Waals surface area contributed by atoms with Gasteiger partial charge in [-0.2, -0.15) is 13.2 Å². The number of amides is 1. The summed E-state index contributed by atoms with van der Waals surface area (Å²) in [7, 11) is 0. The highest BCUT2D eigenvalue weighted by Crippen LogP contribution is 2.30. The maximum Gasteiger partial charge on any atom is 0.416 e. The molecule has 1 amide bonds. The van der Waals surface area contributed by atoms with E-state index in [0.717, 1.165) is 31.5 Å². The first kappa shape index (κ1) is 17.7. The Morgan fingerprint density at radius 1 is 1.21 bits per heavy atom. The van der Waals surface area contributed by atoms with Crippen LogP contribution in [0.5, 0.6) is 0 Å². The first-order valence-electron chi connectivity index (χ1n) is 7.44. The Bertz CT molecular complexity index is 686. The number of nitrogens with one attached hydrogen (secondary N) is 2. The predicted octanol–water partition coefficient (Wildman–Crippen LogP) is 3.96. The molecule has 0 saturated heterocycles. The highest BCUT2D eigenvalue weighted by molar-refractivity contribution is 6.03. The first-order valence-corrected chi connectivity index (χ1v) is 7.44. The van der Waals surface area contributed by atoms with Gasteiger partial charge in [-0.1, -0.05) is 19.4 Å². The molecule has 1 heterocycles. The molecule has 2 N–H and O–H groups in total. The van der Waals surface area contributed by atoms with E-state index in [4.69, 9.17) is 0 Å². The minimum absolute atomic E-state index is 0.0555. The van der Waals surface area contributed by atoms with Gasteiger partial charge in [0, 0.05) is 24.6 Å². The predicted molar refractivity (Wildman–Crippen MR) is 84.8 cm³/mol. The van der Waals surface area contributed by atoms with Crippen molar-refractivity contribution < 1.29 is 18.0 Å². The Kier molecular flexibility index (Phi) is 5.73. The lowest BCUT2D eigenvalue weighted by Gasteiger charge is -2.10. The van der Waals surface area contributed by atoms with E-state index < -0.39 is 17.6 Å². The standard InChI is InChI=1S/C16H17F3N4O/c1-2-3-7-20-15-21-9-11(10-22-15)14(24)23-13-6-4-5-12(8-13)16(17,18)19/h4-6,8-10H,2-3,7H2,1H3,(H,23,24)(H,20,21,22). The fourth-order valence-corrected chi connectivity index (χ4v) is 1.89. The summed E-state index contributed by atoms with van der Waals surface area (Å²) in [4.78, 5) is 20.1. The topological polar surface area (TPSA) is 66.9 Å². The van der Waals surface area contributed by atoms with Crippen LogP contribution in [0.25, 0.3) is 0 Å². The van der Waals surface area contributed by atoms with Crippen molar-refractivity contribution in [1.82, 2.24) is 9.97 Å². The molecule has 0 spiro atoms. The Labute approximate surface area is 137 Å².